The maximum Gasteiger partial charge on any atom is 0.270 e. The molecule has 26 heavy (non-hydrogen) atoms. The van der Waals surface area contributed by atoms with Gasteiger partial charge in [0.05, 0.1) is 11.9 Å². The Bertz CT molecular complexity index is 877. The van der Waals surface area contributed by atoms with E-state index in [0.29, 0.717) is 23.8 Å². The average molecular weight is 366 g/mol. The third kappa shape index (κ3) is 5.07. The van der Waals surface area contributed by atoms with Gasteiger partial charge in [0.15, 0.2) is 0 Å². The number of amides is 1. The molecule has 1 amide bonds. The van der Waals surface area contributed by atoms with Crippen LogP contribution in [0.3, 0.4) is 0 Å². The molecule has 0 spiro atoms. The summed E-state index contributed by atoms with van der Waals surface area (Å²) in [5.41, 5.74) is 4.69. The number of aromatic nitrogens is 1. The van der Waals surface area contributed by atoms with Crippen molar-refractivity contribution in [3.05, 3.63) is 94.3 Å². The summed E-state index contributed by atoms with van der Waals surface area (Å²) in [5, 5.41) is 6.84. The number of nitrogens with one attached hydrogen (secondary N) is 2. The second-order valence-electron chi connectivity index (χ2n) is 6.08. The molecule has 0 bridgehead atoms. The Kier molecular flexibility index (Phi) is 5.87. The number of anilines is 1. The van der Waals surface area contributed by atoms with Crippen LogP contribution in [0.2, 0.25) is 5.02 Å². The summed E-state index contributed by atoms with van der Waals surface area (Å²) in [6.45, 7) is 3.22. The van der Waals surface area contributed by atoms with Gasteiger partial charge in [0.1, 0.15) is 5.69 Å². The predicted molar refractivity (Wildman–Crippen MR) is 105 cm³/mol. The van der Waals surface area contributed by atoms with Crippen molar-refractivity contribution in [1.82, 2.24) is 10.3 Å². The lowest BCUT2D eigenvalue weighted by molar-refractivity contribution is 0.0946. The van der Waals surface area contributed by atoms with E-state index in [1.807, 2.05) is 24.3 Å². The molecule has 0 atom stereocenters. The maximum atomic E-state index is 12.2. The van der Waals surface area contributed by atoms with Crippen molar-refractivity contribution in [3.63, 3.8) is 0 Å². The topological polar surface area (TPSA) is 54.0 Å². The highest BCUT2D eigenvalue weighted by Gasteiger charge is 2.07. The molecule has 3 aromatic rings. The van der Waals surface area contributed by atoms with Crippen LogP contribution in [-0.2, 0) is 13.1 Å². The van der Waals surface area contributed by atoms with Gasteiger partial charge in [-0.3, -0.25) is 4.79 Å². The number of hydrogen-bond acceptors (Lipinski definition) is 3. The van der Waals surface area contributed by atoms with Gasteiger partial charge in [0.25, 0.3) is 5.91 Å². The number of carbonyl (C=O) groups is 1. The zero-order valence-corrected chi connectivity index (χ0v) is 15.3. The monoisotopic (exact) mass is 365 g/mol. The normalized spacial score (nSPS) is 10.4. The fourth-order valence-corrected chi connectivity index (χ4v) is 2.66. The van der Waals surface area contributed by atoms with E-state index in [4.69, 9.17) is 11.6 Å². The van der Waals surface area contributed by atoms with E-state index in [1.165, 1.54) is 11.1 Å². The van der Waals surface area contributed by atoms with Crippen LogP contribution >= 0.6 is 11.6 Å². The van der Waals surface area contributed by atoms with E-state index in [2.05, 4.69) is 40.7 Å². The number of carbonyl (C=O) groups excluding carboxylic acids is 1. The molecule has 1 aromatic heterocycles. The highest BCUT2D eigenvalue weighted by Crippen LogP contribution is 2.11. The van der Waals surface area contributed by atoms with Gasteiger partial charge in [-0.1, -0.05) is 53.6 Å². The van der Waals surface area contributed by atoms with Crippen LogP contribution in [0.5, 0.6) is 0 Å². The molecule has 1 heterocycles. The first-order chi connectivity index (χ1) is 12.6. The van der Waals surface area contributed by atoms with Crippen LogP contribution in [-0.4, -0.2) is 10.9 Å². The zero-order valence-electron chi connectivity index (χ0n) is 14.5. The lowest BCUT2D eigenvalue weighted by Gasteiger charge is -2.08. The molecule has 2 aromatic carbocycles. The average Bonchev–Trinajstić information content (AvgIpc) is 2.66. The number of pyridine rings is 1. The molecule has 0 aliphatic rings. The molecule has 3 rings (SSSR count). The zero-order chi connectivity index (χ0) is 18.4. The molecule has 0 aliphatic heterocycles. The molecule has 5 heteroatoms. The number of nitrogens with zero attached hydrogens (tertiary/aromatic N) is 1. The SMILES string of the molecule is Cc1cccc(CNc2ccc(C(=O)NCc3ccc(Cl)cc3)nc2)c1. The number of halogens is 1. The van der Waals surface area contributed by atoms with Crippen molar-refractivity contribution < 1.29 is 4.79 Å². The molecular formula is C21H20ClN3O. The highest BCUT2D eigenvalue weighted by atomic mass is 35.5. The number of benzene rings is 2. The Hall–Kier alpha value is -2.85. The Morgan fingerprint density at radius 2 is 1.81 bits per heavy atom. The molecule has 2 N–H and O–H groups in total. The Morgan fingerprint density at radius 1 is 1.00 bits per heavy atom. The third-order valence-electron chi connectivity index (χ3n) is 3.94. The van der Waals surface area contributed by atoms with Gasteiger partial charge in [-0.2, -0.15) is 0 Å². The molecular weight excluding hydrogens is 346 g/mol. The highest BCUT2D eigenvalue weighted by molar-refractivity contribution is 6.30. The molecule has 0 fully saturated rings. The fraction of sp³-hybridized carbons (Fsp3) is 0.143. The first-order valence-electron chi connectivity index (χ1n) is 8.38. The molecule has 0 unspecified atom stereocenters. The predicted octanol–water partition coefficient (Wildman–Crippen LogP) is 4.59. The number of rotatable bonds is 6. The minimum absolute atomic E-state index is 0.204. The van der Waals surface area contributed by atoms with Gasteiger partial charge in [-0.15, -0.1) is 0 Å². The minimum Gasteiger partial charge on any atom is -0.380 e. The van der Waals surface area contributed by atoms with Crippen LogP contribution in [0.1, 0.15) is 27.2 Å². The molecule has 0 radical (unpaired) electrons. The Morgan fingerprint density at radius 3 is 2.50 bits per heavy atom. The second-order valence-corrected chi connectivity index (χ2v) is 6.52. The number of aryl methyl sites for hydroxylation is 1. The fourth-order valence-electron chi connectivity index (χ4n) is 2.53. The van der Waals surface area contributed by atoms with E-state index in [0.717, 1.165) is 11.3 Å². The molecule has 0 aliphatic carbocycles. The van der Waals surface area contributed by atoms with Gasteiger partial charge in [-0.25, -0.2) is 4.98 Å². The van der Waals surface area contributed by atoms with E-state index in [1.54, 1.807) is 24.4 Å². The summed E-state index contributed by atoms with van der Waals surface area (Å²) in [6.07, 6.45) is 1.67. The summed E-state index contributed by atoms with van der Waals surface area (Å²) < 4.78 is 0. The van der Waals surface area contributed by atoms with Crippen molar-refractivity contribution in [2.75, 3.05) is 5.32 Å². The molecule has 132 valence electrons. The summed E-state index contributed by atoms with van der Waals surface area (Å²) in [4.78, 5) is 16.4. The van der Waals surface area contributed by atoms with Gasteiger partial charge >= 0.3 is 0 Å². The van der Waals surface area contributed by atoms with Crippen molar-refractivity contribution in [3.8, 4) is 0 Å². The van der Waals surface area contributed by atoms with Crippen LogP contribution in [0.4, 0.5) is 5.69 Å². The van der Waals surface area contributed by atoms with E-state index in [-0.39, 0.29) is 5.91 Å². The van der Waals surface area contributed by atoms with Crippen molar-refractivity contribution >= 4 is 23.2 Å². The lowest BCUT2D eigenvalue weighted by Crippen LogP contribution is -2.23. The van der Waals surface area contributed by atoms with Gasteiger partial charge in [0, 0.05) is 18.1 Å². The Balaban J connectivity index is 1.53. The third-order valence-corrected chi connectivity index (χ3v) is 4.19. The largest absolute Gasteiger partial charge is 0.380 e. The van der Waals surface area contributed by atoms with Crippen LogP contribution < -0.4 is 10.6 Å². The summed E-state index contributed by atoms with van der Waals surface area (Å²) in [6, 6.07) is 19.3. The standard InChI is InChI=1S/C21H20ClN3O/c1-15-3-2-4-17(11-15)13-23-19-9-10-20(24-14-19)21(26)25-12-16-5-7-18(22)8-6-16/h2-11,14,23H,12-13H2,1H3,(H,25,26). The van der Waals surface area contributed by atoms with Gasteiger partial charge < -0.3 is 10.6 Å². The van der Waals surface area contributed by atoms with E-state index < -0.39 is 0 Å². The van der Waals surface area contributed by atoms with Crippen LogP contribution in [0.25, 0.3) is 0 Å². The van der Waals surface area contributed by atoms with Crippen LogP contribution in [0.15, 0.2) is 66.9 Å². The number of hydrogen-bond donors (Lipinski definition) is 2. The van der Waals surface area contributed by atoms with Gasteiger partial charge in [-0.05, 0) is 42.3 Å². The molecule has 0 saturated carbocycles. The first kappa shape index (κ1) is 18.0. The summed E-state index contributed by atoms with van der Waals surface area (Å²) in [7, 11) is 0. The molecule has 4 nitrogen and oxygen atoms in total. The van der Waals surface area contributed by atoms with E-state index in [9.17, 15) is 4.79 Å². The van der Waals surface area contributed by atoms with Crippen molar-refractivity contribution in [2.24, 2.45) is 0 Å². The quantitative estimate of drug-likeness (QED) is 0.672. The summed E-state index contributed by atoms with van der Waals surface area (Å²) >= 11 is 5.85. The van der Waals surface area contributed by atoms with E-state index >= 15 is 0 Å². The first-order valence-corrected chi connectivity index (χ1v) is 8.76. The second kappa shape index (κ2) is 8.50. The lowest BCUT2D eigenvalue weighted by atomic mass is 10.1. The Labute approximate surface area is 158 Å². The summed E-state index contributed by atoms with van der Waals surface area (Å²) in [5.74, 6) is -0.204. The smallest absolute Gasteiger partial charge is 0.270 e. The van der Waals surface area contributed by atoms with Crippen molar-refractivity contribution in [2.45, 2.75) is 20.0 Å². The van der Waals surface area contributed by atoms with Crippen molar-refractivity contribution in [1.29, 1.82) is 0 Å². The minimum atomic E-state index is -0.204. The molecule has 0 saturated heterocycles. The van der Waals surface area contributed by atoms with Crippen LogP contribution in [0, 0.1) is 6.92 Å². The van der Waals surface area contributed by atoms with Gasteiger partial charge in [0.2, 0.25) is 0 Å². The maximum absolute atomic E-state index is 12.2.